The van der Waals surface area contributed by atoms with Crippen LogP contribution in [0.4, 0.5) is 5.82 Å². The molecule has 0 bridgehead atoms. The second-order valence-electron chi connectivity index (χ2n) is 4.29. The summed E-state index contributed by atoms with van der Waals surface area (Å²) < 4.78 is 10.7. The van der Waals surface area contributed by atoms with Crippen LogP contribution in [0.15, 0.2) is 12.1 Å². The molecule has 1 saturated carbocycles. The zero-order valence-corrected chi connectivity index (χ0v) is 10.2. The van der Waals surface area contributed by atoms with Gasteiger partial charge in [-0.05, 0) is 22.0 Å². The molecule has 2 N–H and O–H groups in total. The molecule has 7 heteroatoms. The van der Waals surface area contributed by atoms with Gasteiger partial charge in [0, 0.05) is 26.5 Å². The molecule has 1 aromatic rings. The number of nitro groups is 1. The number of aromatic nitrogens is 1. The Kier molecular flexibility index (Phi) is 3.44. The standard InChI is InChI=1S/C11H15N3O4/c1-6-3-4-8(11(13-6)14(15)16)18-9-5-7(12)10(9)17-2/h3-4,7,9-10H,5,12H2,1-2H3. The summed E-state index contributed by atoms with van der Waals surface area (Å²) >= 11 is 0. The summed E-state index contributed by atoms with van der Waals surface area (Å²) in [4.78, 5) is 14.2. The summed E-state index contributed by atoms with van der Waals surface area (Å²) in [5, 5.41) is 10.9. The molecule has 1 heterocycles. The van der Waals surface area contributed by atoms with Gasteiger partial charge >= 0.3 is 5.82 Å². The van der Waals surface area contributed by atoms with Crippen molar-refractivity contribution in [3.05, 3.63) is 27.9 Å². The van der Waals surface area contributed by atoms with Crippen molar-refractivity contribution in [1.29, 1.82) is 0 Å². The van der Waals surface area contributed by atoms with Crippen molar-refractivity contribution in [3.8, 4) is 5.75 Å². The second-order valence-corrected chi connectivity index (χ2v) is 4.29. The summed E-state index contributed by atoms with van der Waals surface area (Å²) in [5.41, 5.74) is 6.32. The van der Waals surface area contributed by atoms with Gasteiger partial charge in [0.15, 0.2) is 0 Å². The van der Waals surface area contributed by atoms with E-state index in [1.165, 1.54) is 0 Å². The largest absolute Gasteiger partial charge is 0.479 e. The first-order valence-electron chi connectivity index (χ1n) is 5.60. The third-order valence-electron chi connectivity index (χ3n) is 2.99. The summed E-state index contributed by atoms with van der Waals surface area (Å²) in [6, 6.07) is 3.14. The minimum absolute atomic E-state index is 0.0857. The van der Waals surface area contributed by atoms with Crippen molar-refractivity contribution >= 4 is 5.82 Å². The van der Waals surface area contributed by atoms with Crippen LogP contribution >= 0.6 is 0 Å². The molecular formula is C11H15N3O4. The van der Waals surface area contributed by atoms with E-state index in [9.17, 15) is 10.1 Å². The Bertz CT molecular complexity index is 466. The van der Waals surface area contributed by atoms with Gasteiger partial charge in [-0.25, -0.2) is 0 Å². The van der Waals surface area contributed by atoms with Crippen molar-refractivity contribution in [2.75, 3.05) is 7.11 Å². The van der Waals surface area contributed by atoms with Crippen LogP contribution in [0.2, 0.25) is 0 Å². The average molecular weight is 253 g/mol. The predicted octanol–water partition coefficient (Wildman–Crippen LogP) is 0.792. The molecule has 98 valence electrons. The van der Waals surface area contributed by atoms with Crippen LogP contribution in [-0.4, -0.2) is 35.3 Å². The predicted molar refractivity (Wildman–Crippen MR) is 63.4 cm³/mol. The first kappa shape index (κ1) is 12.7. The van der Waals surface area contributed by atoms with Gasteiger partial charge in [0.2, 0.25) is 5.75 Å². The first-order chi connectivity index (χ1) is 8.52. The van der Waals surface area contributed by atoms with Gasteiger partial charge in [-0.15, -0.1) is 0 Å². The molecule has 0 aliphatic heterocycles. The molecule has 1 fully saturated rings. The number of aryl methyl sites for hydroxylation is 1. The minimum Gasteiger partial charge on any atom is -0.479 e. The van der Waals surface area contributed by atoms with Gasteiger partial charge in [0.05, 0.1) is 0 Å². The maximum absolute atomic E-state index is 10.9. The number of pyridine rings is 1. The maximum atomic E-state index is 10.9. The molecule has 0 saturated heterocycles. The molecule has 3 unspecified atom stereocenters. The highest BCUT2D eigenvalue weighted by molar-refractivity contribution is 5.40. The fraction of sp³-hybridized carbons (Fsp3) is 0.545. The zero-order chi connectivity index (χ0) is 13.3. The molecule has 1 aromatic heterocycles. The van der Waals surface area contributed by atoms with Gasteiger partial charge in [-0.2, -0.15) is 0 Å². The van der Waals surface area contributed by atoms with Crippen molar-refractivity contribution in [2.24, 2.45) is 5.73 Å². The number of nitrogens with two attached hydrogens (primary N) is 1. The van der Waals surface area contributed by atoms with Crippen LogP contribution in [0, 0.1) is 17.0 Å². The molecule has 1 aliphatic carbocycles. The first-order valence-corrected chi connectivity index (χ1v) is 5.60. The molecular weight excluding hydrogens is 238 g/mol. The van der Waals surface area contributed by atoms with E-state index >= 15 is 0 Å². The van der Waals surface area contributed by atoms with E-state index in [1.54, 1.807) is 26.2 Å². The highest BCUT2D eigenvalue weighted by atomic mass is 16.6. The number of hydrogen-bond acceptors (Lipinski definition) is 6. The molecule has 0 aromatic carbocycles. The molecule has 0 amide bonds. The Morgan fingerprint density at radius 2 is 2.28 bits per heavy atom. The summed E-state index contributed by atoms with van der Waals surface area (Å²) in [5.74, 6) is -0.116. The summed E-state index contributed by atoms with van der Waals surface area (Å²) in [6.45, 7) is 1.69. The summed E-state index contributed by atoms with van der Waals surface area (Å²) in [6.07, 6.45) is 0.128. The Morgan fingerprint density at radius 3 is 2.83 bits per heavy atom. The van der Waals surface area contributed by atoms with E-state index in [-0.39, 0.29) is 29.8 Å². The lowest BCUT2D eigenvalue weighted by Gasteiger charge is -2.40. The number of hydrogen-bond donors (Lipinski definition) is 1. The van der Waals surface area contributed by atoms with Crippen LogP contribution in [-0.2, 0) is 4.74 Å². The van der Waals surface area contributed by atoms with E-state index in [1.807, 2.05) is 0 Å². The lowest BCUT2D eigenvalue weighted by atomic mass is 9.86. The van der Waals surface area contributed by atoms with Gasteiger partial charge < -0.3 is 25.3 Å². The normalized spacial score (nSPS) is 26.5. The smallest absolute Gasteiger partial charge is 0.406 e. The number of nitrogens with zero attached hydrogens (tertiary/aromatic N) is 2. The molecule has 1 aliphatic rings. The van der Waals surface area contributed by atoms with Gasteiger partial charge in [0.25, 0.3) is 0 Å². The third-order valence-corrected chi connectivity index (χ3v) is 2.99. The highest BCUT2D eigenvalue weighted by Gasteiger charge is 2.42. The number of ether oxygens (including phenoxy) is 2. The van der Waals surface area contributed by atoms with Crippen LogP contribution < -0.4 is 10.5 Å². The van der Waals surface area contributed by atoms with Crippen molar-refractivity contribution in [1.82, 2.24) is 4.98 Å². The molecule has 18 heavy (non-hydrogen) atoms. The fourth-order valence-electron chi connectivity index (χ4n) is 1.97. The Labute approximate surface area is 104 Å². The Hall–Kier alpha value is -1.73. The van der Waals surface area contributed by atoms with E-state index in [0.29, 0.717) is 12.1 Å². The molecule has 3 atom stereocenters. The van der Waals surface area contributed by atoms with Crippen molar-refractivity contribution in [2.45, 2.75) is 31.6 Å². The van der Waals surface area contributed by atoms with Crippen LogP contribution in [0.1, 0.15) is 12.1 Å². The summed E-state index contributed by atoms with van der Waals surface area (Å²) in [7, 11) is 1.54. The SMILES string of the molecule is COC1C(N)CC1Oc1ccc(C)nc1[N+](=O)[O-]. The topological polar surface area (TPSA) is 101 Å². The maximum Gasteiger partial charge on any atom is 0.406 e. The lowest BCUT2D eigenvalue weighted by molar-refractivity contribution is -0.391. The Balaban J connectivity index is 2.17. The van der Waals surface area contributed by atoms with Crippen molar-refractivity contribution < 1.29 is 14.4 Å². The average Bonchev–Trinajstić information content (AvgIpc) is 2.30. The molecule has 0 radical (unpaired) electrons. The van der Waals surface area contributed by atoms with Crippen LogP contribution in [0.5, 0.6) is 5.75 Å². The van der Waals surface area contributed by atoms with E-state index in [2.05, 4.69) is 4.98 Å². The number of methoxy groups -OCH3 is 1. The third kappa shape index (κ3) is 2.27. The Morgan fingerprint density at radius 1 is 1.56 bits per heavy atom. The lowest BCUT2D eigenvalue weighted by Crippen LogP contribution is -2.59. The van der Waals surface area contributed by atoms with E-state index in [0.717, 1.165) is 0 Å². The highest BCUT2D eigenvalue weighted by Crippen LogP contribution is 2.31. The van der Waals surface area contributed by atoms with Gasteiger partial charge in [-0.3, -0.25) is 0 Å². The molecule has 0 spiro atoms. The fourth-order valence-corrected chi connectivity index (χ4v) is 1.97. The van der Waals surface area contributed by atoms with Crippen LogP contribution in [0.25, 0.3) is 0 Å². The monoisotopic (exact) mass is 253 g/mol. The van der Waals surface area contributed by atoms with Crippen molar-refractivity contribution in [3.63, 3.8) is 0 Å². The number of rotatable bonds is 4. The van der Waals surface area contributed by atoms with Gasteiger partial charge in [0.1, 0.15) is 17.9 Å². The molecule has 2 rings (SSSR count). The zero-order valence-electron chi connectivity index (χ0n) is 10.2. The minimum atomic E-state index is -0.553. The van der Waals surface area contributed by atoms with E-state index < -0.39 is 4.92 Å². The van der Waals surface area contributed by atoms with E-state index in [4.69, 9.17) is 15.2 Å². The molecule has 7 nitrogen and oxygen atoms in total. The second kappa shape index (κ2) is 4.87. The van der Waals surface area contributed by atoms with Gasteiger partial charge in [-0.1, -0.05) is 0 Å². The van der Waals surface area contributed by atoms with Crippen LogP contribution in [0.3, 0.4) is 0 Å². The quantitative estimate of drug-likeness (QED) is 0.629.